The summed E-state index contributed by atoms with van der Waals surface area (Å²) in [4.78, 5) is 15.7. The summed E-state index contributed by atoms with van der Waals surface area (Å²) in [7, 11) is 0. The minimum Gasteiger partial charge on any atom is -0.427 e. The monoisotopic (exact) mass is 229 g/mol. The molecule has 0 radical (unpaired) electrons. The van der Waals surface area contributed by atoms with Gasteiger partial charge in [0.2, 0.25) is 0 Å². The first-order valence-corrected chi connectivity index (χ1v) is 5.85. The van der Waals surface area contributed by atoms with Gasteiger partial charge >= 0.3 is 5.97 Å². The van der Waals surface area contributed by atoms with E-state index in [1.165, 1.54) is 0 Å². The topological polar surface area (TPSA) is 39.2 Å². The third-order valence-corrected chi connectivity index (χ3v) is 2.54. The molecule has 2 aromatic rings. The Labute approximate surface area is 100 Å². The second kappa shape index (κ2) is 5.43. The van der Waals surface area contributed by atoms with Gasteiger partial charge in [0, 0.05) is 18.0 Å². The highest BCUT2D eigenvalue weighted by Crippen LogP contribution is 2.19. The average molecular weight is 229 g/mol. The van der Waals surface area contributed by atoms with E-state index in [1.54, 1.807) is 12.3 Å². The van der Waals surface area contributed by atoms with Crippen LogP contribution in [0.4, 0.5) is 0 Å². The molecule has 0 atom stereocenters. The number of esters is 1. The van der Waals surface area contributed by atoms with Crippen molar-refractivity contribution in [1.29, 1.82) is 0 Å². The van der Waals surface area contributed by atoms with E-state index in [0.29, 0.717) is 12.2 Å². The van der Waals surface area contributed by atoms with Crippen LogP contribution < -0.4 is 4.74 Å². The number of benzene rings is 1. The molecule has 2 rings (SSSR count). The number of carbonyl (C=O) groups excluding carboxylic acids is 1. The first-order chi connectivity index (χ1) is 8.29. The molecule has 3 heteroatoms. The fourth-order valence-electron chi connectivity index (χ4n) is 1.62. The Hall–Kier alpha value is -1.90. The Kier molecular flexibility index (Phi) is 3.70. The molecule has 0 aliphatic heterocycles. The smallest absolute Gasteiger partial charge is 0.311 e. The molecule has 0 unspecified atom stereocenters. The van der Waals surface area contributed by atoms with Crippen LogP contribution in [0.5, 0.6) is 5.75 Å². The van der Waals surface area contributed by atoms with Gasteiger partial charge in [-0.3, -0.25) is 9.78 Å². The quantitative estimate of drug-likeness (QED) is 0.596. The third kappa shape index (κ3) is 3.03. The van der Waals surface area contributed by atoms with Crippen molar-refractivity contribution in [2.45, 2.75) is 26.2 Å². The van der Waals surface area contributed by atoms with E-state index in [0.717, 1.165) is 23.7 Å². The van der Waals surface area contributed by atoms with E-state index in [2.05, 4.69) is 11.9 Å². The molecule has 0 N–H and O–H groups in total. The van der Waals surface area contributed by atoms with Crippen LogP contribution in [-0.4, -0.2) is 11.0 Å². The molecular weight excluding hydrogens is 214 g/mol. The van der Waals surface area contributed by atoms with Crippen molar-refractivity contribution in [2.75, 3.05) is 0 Å². The number of aromatic nitrogens is 1. The Morgan fingerprint density at radius 2 is 2.24 bits per heavy atom. The Morgan fingerprint density at radius 1 is 1.35 bits per heavy atom. The summed E-state index contributed by atoms with van der Waals surface area (Å²) in [6.45, 7) is 2.05. The zero-order valence-electron chi connectivity index (χ0n) is 9.85. The van der Waals surface area contributed by atoms with Gasteiger partial charge in [-0.25, -0.2) is 0 Å². The molecule has 0 spiro atoms. The number of unbranched alkanes of at least 4 members (excludes halogenated alkanes) is 1. The van der Waals surface area contributed by atoms with E-state index < -0.39 is 0 Å². The van der Waals surface area contributed by atoms with Gasteiger partial charge in [0.1, 0.15) is 5.75 Å². The van der Waals surface area contributed by atoms with Crippen LogP contribution in [0.15, 0.2) is 36.5 Å². The standard InChI is InChI=1S/C14H15NO2/c1-2-3-6-14(16)17-12-7-8-13-11(10-12)5-4-9-15-13/h4-5,7-10H,2-3,6H2,1H3. The summed E-state index contributed by atoms with van der Waals surface area (Å²) in [6.07, 6.45) is 4.08. The summed E-state index contributed by atoms with van der Waals surface area (Å²) in [5.74, 6) is 0.418. The van der Waals surface area contributed by atoms with E-state index in [9.17, 15) is 4.79 Å². The molecular formula is C14H15NO2. The summed E-state index contributed by atoms with van der Waals surface area (Å²) >= 11 is 0. The number of hydrogen-bond acceptors (Lipinski definition) is 3. The van der Waals surface area contributed by atoms with Crippen molar-refractivity contribution in [3.8, 4) is 5.75 Å². The lowest BCUT2D eigenvalue weighted by atomic mass is 10.2. The normalized spacial score (nSPS) is 10.4. The first-order valence-electron chi connectivity index (χ1n) is 5.85. The average Bonchev–Trinajstić information content (AvgIpc) is 2.36. The van der Waals surface area contributed by atoms with Crippen LogP contribution in [0.2, 0.25) is 0 Å². The van der Waals surface area contributed by atoms with Gasteiger partial charge in [-0.2, -0.15) is 0 Å². The summed E-state index contributed by atoms with van der Waals surface area (Å²) in [5, 5.41) is 0.980. The van der Waals surface area contributed by atoms with Gasteiger partial charge < -0.3 is 4.74 Å². The van der Waals surface area contributed by atoms with Crippen LogP contribution in [0, 0.1) is 0 Å². The third-order valence-electron chi connectivity index (χ3n) is 2.54. The van der Waals surface area contributed by atoms with E-state index >= 15 is 0 Å². The van der Waals surface area contributed by atoms with Crippen molar-refractivity contribution in [3.63, 3.8) is 0 Å². The minimum absolute atomic E-state index is 0.171. The fourth-order valence-corrected chi connectivity index (χ4v) is 1.62. The number of nitrogens with zero attached hydrogens (tertiary/aromatic N) is 1. The van der Waals surface area contributed by atoms with E-state index in [-0.39, 0.29) is 5.97 Å². The van der Waals surface area contributed by atoms with Gasteiger partial charge in [-0.15, -0.1) is 0 Å². The molecule has 0 saturated heterocycles. The highest BCUT2D eigenvalue weighted by molar-refractivity contribution is 5.81. The van der Waals surface area contributed by atoms with Crippen LogP contribution in [0.1, 0.15) is 26.2 Å². The van der Waals surface area contributed by atoms with Crippen molar-refractivity contribution in [2.24, 2.45) is 0 Å². The number of carbonyl (C=O) groups is 1. The van der Waals surface area contributed by atoms with Gasteiger partial charge in [0.15, 0.2) is 0 Å². The van der Waals surface area contributed by atoms with Crippen LogP contribution in [0.3, 0.4) is 0 Å². The second-order valence-electron chi connectivity index (χ2n) is 3.94. The summed E-state index contributed by atoms with van der Waals surface area (Å²) in [5.41, 5.74) is 0.904. The van der Waals surface area contributed by atoms with Crippen LogP contribution in [0.25, 0.3) is 10.9 Å². The molecule has 3 nitrogen and oxygen atoms in total. The number of rotatable bonds is 4. The predicted molar refractivity (Wildman–Crippen MR) is 66.9 cm³/mol. The Bertz CT molecular complexity index is 522. The number of pyridine rings is 1. The Balaban J connectivity index is 2.11. The van der Waals surface area contributed by atoms with Gasteiger partial charge in [-0.05, 0) is 30.7 Å². The molecule has 0 fully saturated rings. The summed E-state index contributed by atoms with van der Waals surface area (Å²) in [6, 6.07) is 9.29. The maximum absolute atomic E-state index is 11.5. The highest BCUT2D eigenvalue weighted by atomic mass is 16.5. The molecule has 17 heavy (non-hydrogen) atoms. The van der Waals surface area contributed by atoms with Crippen molar-refractivity contribution in [1.82, 2.24) is 4.98 Å². The van der Waals surface area contributed by atoms with Gasteiger partial charge in [-0.1, -0.05) is 19.4 Å². The molecule has 1 aromatic carbocycles. The lowest BCUT2D eigenvalue weighted by Gasteiger charge is -2.04. The minimum atomic E-state index is -0.171. The number of hydrogen-bond donors (Lipinski definition) is 0. The van der Waals surface area contributed by atoms with Gasteiger partial charge in [0.25, 0.3) is 0 Å². The molecule has 1 heterocycles. The molecule has 0 amide bonds. The predicted octanol–water partition coefficient (Wildman–Crippen LogP) is 3.33. The highest BCUT2D eigenvalue weighted by Gasteiger charge is 2.04. The molecule has 88 valence electrons. The van der Waals surface area contributed by atoms with E-state index in [1.807, 2.05) is 24.3 Å². The van der Waals surface area contributed by atoms with Crippen LogP contribution >= 0.6 is 0 Å². The zero-order valence-corrected chi connectivity index (χ0v) is 9.85. The molecule has 0 aliphatic rings. The SMILES string of the molecule is CCCCC(=O)Oc1ccc2ncccc2c1. The fraction of sp³-hybridized carbons (Fsp3) is 0.286. The maximum Gasteiger partial charge on any atom is 0.311 e. The van der Waals surface area contributed by atoms with Crippen molar-refractivity contribution >= 4 is 16.9 Å². The van der Waals surface area contributed by atoms with Gasteiger partial charge in [0.05, 0.1) is 5.52 Å². The molecule has 0 bridgehead atoms. The lowest BCUT2D eigenvalue weighted by Crippen LogP contribution is -2.07. The zero-order chi connectivity index (χ0) is 12.1. The largest absolute Gasteiger partial charge is 0.427 e. The van der Waals surface area contributed by atoms with Crippen molar-refractivity contribution < 1.29 is 9.53 Å². The summed E-state index contributed by atoms with van der Waals surface area (Å²) < 4.78 is 5.26. The maximum atomic E-state index is 11.5. The van der Waals surface area contributed by atoms with Crippen molar-refractivity contribution in [3.05, 3.63) is 36.5 Å². The molecule has 0 saturated carbocycles. The molecule has 0 aliphatic carbocycles. The van der Waals surface area contributed by atoms with E-state index in [4.69, 9.17) is 4.74 Å². The molecule has 1 aromatic heterocycles. The number of fused-ring (bicyclic) bond motifs is 1. The lowest BCUT2D eigenvalue weighted by molar-refractivity contribution is -0.134. The first kappa shape index (κ1) is 11.6. The number of ether oxygens (including phenoxy) is 1. The Morgan fingerprint density at radius 3 is 3.06 bits per heavy atom. The second-order valence-corrected chi connectivity index (χ2v) is 3.94. The van der Waals surface area contributed by atoms with Crippen LogP contribution in [-0.2, 0) is 4.79 Å².